The summed E-state index contributed by atoms with van der Waals surface area (Å²) in [6.07, 6.45) is 2.60. The van der Waals surface area contributed by atoms with E-state index in [0.29, 0.717) is 19.0 Å². The summed E-state index contributed by atoms with van der Waals surface area (Å²) in [7, 11) is 1.55. The van der Waals surface area contributed by atoms with Gasteiger partial charge in [0.25, 0.3) is 0 Å². The van der Waals surface area contributed by atoms with Crippen molar-refractivity contribution in [3.63, 3.8) is 0 Å². The molecule has 1 aliphatic heterocycles. The first kappa shape index (κ1) is 16.3. The molecule has 0 spiro atoms. The van der Waals surface area contributed by atoms with Crippen molar-refractivity contribution in [2.24, 2.45) is 0 Å². The van der Waals surface area contributed by atoms with Gasteiger partial charge in [0.15, 0.2) is 13.6 Å². The van der Waals surface area contributed by atoms with Crippen molar-refractivity contribution in [2.75, 3.05) is 33.9 Å². The summed E-state index contributed by atoms with van der Waals surface area (Å²) in [4.78, 5) is 11.4. The van der Waals surface area contributed by atoms with Crippen molar-refractivity contribution in [3.05, 3.63) is 36.1 Å². The number of carbonyl (C=O) groups is 1. The van der Waals surface area contributed by atoms with Crippen molar-refractivity contribution in [3.8, 4) is 5.75 Å². The van der Waals surface area contributed by atoms with Gasteiger partial charge in [-0.3, -0.25) is 0 Å². The SMILES string of the molecule is COCOC=Cc1ccc(OC(=O)OCOCC2CO2)cc1. The first-order chi connectivity index (χ1) is 10.8. The van der Waals surface area contributed by atoms with Gasteiger partial charge in [0.2, 0.25) is 0 Å². The highest BCUT2D eigenvalue weighted by molar-refractivity contribution is 5.64. The molecule has 1 atom stereocenters. The Kier molecular flexibility index (Phi) is 6.69. The molecular formula is C15H18O7. The highest BCUT2D eigenvalue weighted by Crippen LogP contribution is 2.14. The lowest BCUT2D eigenvalue weighted by Gasteiger charge is -2.06. The molecule has 2 rings (SSSR count). The predicted octanol–water partition coefficient (Wildman–Crippen LogP) is 2.17. The lowest BCUT2D eigenvalue weighted by atomic mass is 10.2. The number of rotatable bonds is 9. The van der Waals surface area contributed by atoms with Crippen LogP contribution in [-0.2, 0) is 23.7 Å². The van der Waals surface area contributed by atoms with Crippen LogP contribution in [0.3, 0.4) is 0 Å². The second kappa shape index (κ2) is 9.04. The average molecular weight is 310 g/mol. The smallest absolute Gasteiger partial charge is 0.475 e. The van der Waals surface area contributed by atoms with E-state index in [1.165, 1.54) is 6.26 Å². The molecule has 0 bridgehead atoms. The Morgan fingerprint density at radius 3 is 2.77 bits per heavy atom. The molecule has 1 aromatic rings. The molecule has 0 aliphatic carbocycles. The van der Waals surface area contributed by atoms with Crippen molar-refractivity contribution in [1.82, 2.24) is 0 Å². The third kappa shape index (κ3) is 6.57. The Labute approximate surface area is 128 Å². The predicted molar refractivity (Wildman–Crippen MR) is 76.1 cm³/mol. The van der Waals surface area contributed by atoms with Crippen LogP contribution in [0.15, 0.2) is 30.5 Å². The van der Waals surface area contributed by atoms with Gasteiger partial charge in [0.1, 0.15) is 11.9 Å². The number of epoxide rings is 1. The lowest BCUT2D eigenvalue weighted by Crippen LogP contribution is -2.14. The zero-order chi connectivity index (χ0) is 15.6. The molecule has 0 N–H and O–H groups in total. The van der Waals surface area contributed by atoms with Crippen molar-refractivity contribution >= 4 is 12.2 Å². The second-order valence-corrected chi connectivity index (χ2v) is 4.39. The van der Waals surface area contributed by atoms with Gasteiger partial charge < -0.3 is 28.4 Å². The summed E-state index contributed by atoms with van der Waals surface area (Å²) >= 11 is 0. The van der Waals surface area contributed by atoms with Crippen molar-refractivity contribution < 1.29 is 33.2 Å². The third-order valence-corrected chi connectivity index (χ3v) is 2.59. The topological polar surface area (TPSA) is 75.8 Å². The van der Waals surface area contributed by atoms with E-state index in [9.17, 15) is 4.79 Å². The van der Waals surface area contributed by atoms with E-state index in [1.54, 1.807) is 37.5 Å². The van der Waals surface area contributed by atoms with Gasteiger partial charge in [0, 0.05) is 7.11 Å². The molecular weight excluding hydrogens is 292 g/mol. The fourth-order valence-electron chi connectivity index (χ4n) is 1.44. The van der Waals surface area contributed by atoms with E-state index in [2.05, 4.69) is 0 Å². The van der Waals surface area contributed by atoms with Crippen LogP contribution in [0.1, 0.15) is 5.56 Å². The van der Waals surface area contributed by atoms with Crippen molar-refractivity contribution in [2.45, 2.75) is 6.10 Å². The first-order valence-corrected chi connectivity index (χ1v) is 6.69. The quantitative estimate of drug-likeness (QED) is 0.173. The number of hydrogen-bond acceptors (Lipinski definition) is 7. The number of ether oxygens (including phenoxy) is 6. The molecule has 1 unspecified atom stereocenters. The minimum Gasteiger partial charge on any atom is -0.475 e. The molecule has 0 aromatic heterocycles. The van der Waals surface area contributed by atoms with E-state index < -0.39 is 6.16 Å². The highest BCUT2D eigenvalue weighted by atomic mass is 16.8. The third-order valence-electron chi connectivity index (χ3n) is 2.59. The molecule has 1 fully saturated rings. The largest absolute Gasteiger partial charge is 0.515 e. The highest BCUT2D eigenvalue weighted by Gasteiger charge is 2.22. The minimum absolute atomic E-state index is 0.132. The molecule has 1 heterocycles. The van der Waals surface area contributed by atoms with Gasteiger partial charge in [-0.25, -0.2) is 4.79 Å². The van der Waals surface area contributed by atoms with Gasteiger partial charge in [-0.15, -0.1) is 0 Å². The molecule has 120 valence electrons. The van der Waals surface area contributed by atoms with Crippen LogP contribution in [0.2, 0.25) is 0 Å². The summed E-state index contributed by atoms with van der Waals surface area (Å²) in [5, 5.41) is 0. The zero-order valence-corrected chi connectivity index (χ0v) is 12.2. The fraction of sp³-hybridized carbons (Fsp3) is 0.400. The summed E-state index contributed by atoms with van der Waals surface area (Å²) < 4.78 is 29.5. The fourth-order valence-corrected chi connectivity index (χ4v) is 1.44. The van der Waals surface area contributed by atoms with Gasteiger partial charge in [-0.05, 0) is 23.8 Å². The minimum atomic E-state index is -0.816. The van der Waals surface area contributed by atoms with Gasteiger partial charge in [-0.1, -0.05) is 12.1 Å². The summed E-state index contributed by atoms with van der Waals surface area (Å²) in [5.41, 5.74) is 0.893. The summed E-state index contributed by atoms with van der Waals surface area (Å²) in [5.74, 6) is 0.380. The van der Waals surface area contributed by atoms with Crippen LogP contribution >= 0.6 is 0 Å². The number of hydrogen-bond donors (Lipinski definition) is 0. The van der Waals surface area contributed by atoms with Crippen LogP contribution in [0, 0.1) is 0 Å². The first-order valence-electron chi connectivity index (χ1n) is 6.69. The van der Waals surface area contributed by atoms with Gasteiger partial charge >= 0.3 is 6.16 Å². The Hall–Kier alpha value is -2.09. The maximum absolute atomic E-state index is 11.4. The molecule has 7 heteroatoms. The monoisotopic (exact) mass is 310 g/mol. The zero-order valence-electron chi connectivity index (χ0n) is 12.2. The maximum Gasteiger partial charge on any atom is 0.515 e. The van der Waals surface area contributed by atoms with E-state index in [-0.39, 0.29) is 19.7 Å². The molecule has 0 amide bonds. The van der Waals surface area contributed by atoms with Crippen LogP contribution in [0.25, 0.3) is 6.08 Å². The van der Waals surface area contributed by atoms with Crippen LogP contribution < -0.4 is 4.74 Å². The molecule has 1 saturated heterocycles. The van der Waals surface area contributed by atoms with Gasteiger partial charge in [-0.2, -0.15) is 0 Å². The Balaban J connectivity index is 1.65. The van der Waals surface area contributed by atoms with E-state index >= 15 is 0 Å². The number of carbonyl (C=O) groups excluding carboxylic acids is 1. The Morgan fingerprint density at radius 1 is 1.32 bits per heavy atom. The number of methoxy groups -OCH3 is 1. The molecule has 7 nitrogen and oxygen atoms in total. The summed E-state index contributed by atoms with van der Waals surface area (Å²) in [6, 6.07) is 6.85. The second-order valence-electron chi connectivity index (χ2n) is 4.39. The number of benzene rings is 1. The van der Waals surface area contributed by atoms with Crippen LogP contribution in [0.4, 0.5) is 4.79 Å². The molecule has 1 aliphatic rings. The Morgan fingerprint density at radius 2 is 2.09 bits per heavy atom. The van der Waals surface area contributed by atoms with Gasteiger partial charge in [0.05, 0.1) is 19.5 Å². The average Bonchev–Trinajstić information content (AvgIpc) is 3.34. The molecule has 22 heavy (non-hydrogen) atoms. The molecule has 1 aromatic carbocycles. The maximum atomic E-state index is 11.4. The van der Waals surface area contributed by atoms with E-state index in [1.807, 2.05) is 0 Å². The normalized spacial score (nSPS) is 16.5. The van der Waals surface area contributed by atoms with Crippen LogP contribution in [-0.4, -0.2) is 46.2 Å². The van der Waals surface area contributed by atoms with E-state index in [0.717, 1.165) is 5.56 Å². The lowest BCUT2D eigenvalue weighted by molar-refractivity contribution is -0.0346. The molecule has 0 radical (unpaired) electrons. The standard InChI is InChI=1S/C15H18O7/c1-17-10-18-7-6-12-2-4-13(5-3-12)22-15(16)21-11-19-8-14-9-20-14/h2-7,14H,8-11H2,1H3. The Bertz CT molecular complexity index is 479. The molecule has 0 saturated carbocycles. The van der Waals surface area contributed by atoms with Crippen molar-refractivity contribution in [1.29, 1.82) is 0 Å². The van der Waals surface area contributed by atoms with E-state index in [4.69, 9.17) is 28.4 Å². The van der Waals surface area contributed by atoms with Crippen LogP contribution in [0.5, 0.6) is 5.75 Å². The summed E-state index contributed by atoms with van der Waals surface area (Å²) in [6.45, 7) is 1.15.